The Morgan fingerprint density at radius 1 is 1.20 bits per heavy atom. The topological polar surface area (TPSA) is 38.8 Å². The molecule has 0 N–H and O–H groups in total. The molecule has 2 heterocycles. The number of carbonyl (C=O) groups is 1. The molecule has 0 saturated carbocycles. The minimum Gasteiger partial charge on any atom is -0.482 e. The van der Waals surface area contributed by atoms with Gasteiger partial charge in [-0.15, -0.1) is 0 Å². The Labute approximate surface area is 123 Å². The van der Waals surface area contributed by atoms with Gasteiger partial charge in [0, 0.05) is 18.8 Å². The Morgan fingerprint density at radius 2 is 1.95 bits per heavy atom. The van der Waals surface area contributed by atoms with Crippen molar-refractivity contribution < 1.29 is 14.3 Å². The highest BCUT2D eigenvalue weighted by molar-refractivity contribution is 7.99. The molecule has 0 aromatic heterocycles. The summed E-state index contributed by atoms with van der Waals surface area (Å²) in [6.07, 6.45) is 0.260. The summed E-state index contributed by atoms with van der Waals surface area (Å²) >= 11 is 1.91. The van der Waals surface area contributed by atoms with Crippen molar-refractivity contribution >= 4 is 17.7 Å². The van der Waals surface area contributed by atoms with E-state index in [1.807, 2.05) is 47.9 Å². The Balaban J connectivity index is 1.75. The van der Waals surface area contributed by atoms with Crippen molar-refractivity contribution in [1.29, 1.82) is 0 Å². The zero-order valence-corrected chi connectivity index (χ0v) is 12.4. The number of benzene rings is 1. The minimum absolute atomic E-state index is 0.0505. The van der Waals surface area contributed by atoms with Crippen LogP contribution in [0.4, 0.5) is 0 Å². The molecule has 0 spiro atoms. The number of amides is 1. The molecule has 1 fully saturated rings. The molecule has 5 heteroatoms. The van der Waals surface area contributed by atoms with E-state index in [0.717, 1.165) is 36.8 Å². The van der Waals surface area contributed by atoms with Crippen molar-refractivity contribution in [1.82, 2.24) is 4.90 Å². The number of nitrogens with zero attached hydrogens (tertiary/aromatic N) is 1. The maximum atomic E-state index is 12.6. The molecule has 0 aliphatic carbocycles. The molecule has 4 nitrogen and oxygen atoms in total. The molecule has 0 radical (unpaired) electrons. The van der Waals surface area contributed by atoms with E-state index in [9.17, 15) is 4.79 Å². The third-order valence-electron chi connectivity index (χ3n) is 3.62. The Hall–Kier alpha value is -1.36. The highest BCUT2D eigenvalue weighted by Gasteiger charge is 2.36. The average molecular weight is 293 g/mol. The molecule has 1 aromatic rings. The molecule has 0 bridgehead atoms. The van der Waals surface area contributed by atoms with Gasteiger partial charge in [0.1, 0.15) is 6.10 Å². The third-order valence-corrected chi connectivity index (χ3v) is 4.67. The Morgan fingerprint density at radius 3 is 2.75 bits per heavy atom. The third kappa shape index (κ3) is 2.73. The van der Waals surface area contributed by atoms with Gasteiger partial charge >= 0.3 is 0 Å². The van der Waals surface area contributed by atoms with Gasteiger partial charge in [0.15, 0.2) is 11.5 Å². The summed E-state index contributed by atoms with van der Waals surface area (Å²) in [4.78, 5) is 14.6. The predicted octanol–water partition coefficient (Wildman–Crippen LogP) is 2.18. The Bertz CT molecular complexity index is 486. The van der Waals surface area contributed by atoms with Gasteiger partial charge in [0.25, 0.3) is 5.91 Å². The molecule has 2 atom stereocenters. The van der Waals surface area contributed by atoms with E-state index >= 15 is 0 Å². The number of ether oxygens (including phenoxy) is 2. The molecule has 108 valence electrons. The van der Waals surface area contributed by atoms with Gasteiger partial charge in [-0.2, -0.15) is 11.8 Å². The van der Waals surface area contributed by atoms with Crippen LogP contribution in [-0.2, 0) is 4.79 Å². The molecule has 3 rings (SSSR count). The highest BCUT2D eigenvalue weighted by atomic mass is 32.2. The van der Waals surface area contributed by atoms with E-state index in [0.29, 0.717) is 5.75 Å². The van der Waals surface area contributed by atoms with Gasteiger partial charge in [-0.3, -0.25) is 4.79 Å². The van der Waals surface area contributed by atoms with E-state index in [-0.39, 0.29) is 12.0 Å². The first-order valence-electron chi connectivity index (χ1n) is 7.04. The van der Waals surface area contributed by atoms with Crippen molar-refractivity contribution in [2.24, 2.45) is 0 Å². The fourth-order valence-electron chi connectivity index (χ4n) is 2.54. The van der Waals surface area contributed by atoms with Crippen LogP contribution >= 0.6 is 11.8 Å². The van der Waals surface area contributed by atoms with Crippen LogP contribution in [0.15, 0.2) is 24.3 Å². The van der Waals surface area contributed by atoms with Gasteiger partial charge in [0.2, 0.25) is 6.10 Å². The second-order valence-electron chi connectivity index (χ2n) is 5.10. The van der Waals surface area contributed by atoms with E-state index < -0.39 is 6.10 Å². The molecule has 2 aliphatic heterocycles. The molecule has 2 unspecified atom stereocenters. The van der Waals surface area contributed by atoms with Crippen LogP contribution in [0.2, 0.25) is 0 Å². The van der Waals surface area contributed by atoms with Gasteiger partial charge in [-0.05, 0) is 31.2 Å². The molecular weight excluding hydrogens is 274 g/mol. The highest BCUT2D eigenvalue weighted by Crippen LogP contribution is 2.34. The number of hydrogen-bond donors (Lipinski definition) is 0. The standard InChI is InChI=1S/C15H19NO3S/c1-11-14(15(17)16-7-4-9-20-10-8-16)19-13-6-3-2-5-12(13)18-11/h2-3,5-6,11,14H,4,7-10H2,1H3. The predicted molar refractivity (Wildman–Crippen MR) is 79.5 cm³/mol. The van der Waals surface area contributed by atoms with Crippen molar-refractivity contribution in [2.45, 2.75) is 25.6 Å². The van der Waals surface area contributed by atoms with Gasteiger partial charge in [0.05, 0.1) is 0 Å². The van der Waals surface area contributed by atoms with Crippen LogP contribution in [0, 0.1) is 0 Å². The number of fused-ring (bicyclic) bond motifs is 1. The monoisotopic (exact) mass is 293 g/mol. The second kappa shape index (κ2) is 5.95. The SMILES string of the molecule is CC1Oc2ccccc2OC1C(=O)N1CCCSCC1. The van der Waals surface area contributed by atoms with Crippen LogP contribution in [0.1, 0.15) is 13.3 Å². The van der Waals surface area contributed by atoms with Gasteiger partial charge in [-0.1, -0.05) is 12.1 Å². The smallest absolute Gasteiger partial charge is 0.267 e. The molecular formula is C15H19NO3S. The summed E-state index contributed by atoms with van der Waals surface area (Å²) in [6.45, 7) is 3.52. The van der Waals surface area contributed by atoms with Crippen LogP contribution < -0.4 is 9.47 Å². The fraction of sp³-hybridized carbons (Fsp3) is 0.533. The number of thioether (sulfide) groups is 1. The van der Waals surface area contributed by atoms with Gasteiger partial charge < -0.3 is 14.4 Å². The molecule has 1 saturated heterocycles. The summed E-state index contributed by atoms with van der Waals surface area (Å²) in [5.41, 5.74) is 0. The summed E-state index contributed by atoms with van der Waals surface area (Å²) in [5.74, 6) is 3.56. The maximum absolute atomic E-state index is 12.6. The lowest BCUT2D eigenvalue weighted by Gasteiger charge is -2.34. The van der Waals surface area contributed by atoms with E-state index in [1.165, 1.54) is 0 Å². The average Bonchev–Trinajstić information content (AvgIpc) is 2.75. The zero-order chi connectivity index (χ0) is 13.9. The lowest BCUT2D eigenvalue weighted by Crippen LogP contribution is -2.51. The molecule has 20 heavy (non-hydrogen) atoms. The Kier molecular flexibility index (Phi) is 4.05. The number of carbonyl (C=O) groups excluding carboxylic acids is 1. The number of rotatable bonds is 1. The van der Waals surface area contributed by atoms with Crippen molar-refractivity contribution in [3.05, 3.63) is 24.3 Å². The minimum atomic E-state index is -0.534. The lowest BCUT2D eigenvalue weighted by molar-refractivity contribution is -0.144. The van der Waals surface area contributed by atoms with Crippen LogP contribution in [0.25, 0.3) is 0 Å². The fourth-order valence-corrected chi connectivity index (χ4v) is 3.42. The van der Waals surface area contributed by atoms with E-state index in [2.05, 4.69) is 0 Å². The summed E-state index contributed by atoms with van der Waals surface area (Å²) in [5, 5.41) is 0. The molecule has 1 amide bonds. The maximum Gasteiger partial charge on any atom is 0.267 e. The molecule has 2 aliphatic rings. The quantitative estimate of drug-likeness (QED) is 0.795. The summed E-state index contributed by atoms with van der Waals surface area (Å²) < 4.78 is 11.7. The first kappa shape index (κ1) is 13.6. The lowest BCUT2D eigenvalue weighted by atomic mass is 10.1. The van der Waals surface area contributed by atoms with Crippen LogP contribution in [0.5, 0.6) is 11.5 Å². The summed E-state index contributed by atoms with van der Waals surface area (Å²) in [7, 11) is 0. The van der Waals surface area contributed by atoms with Gasteiger partial charge in [-0.25, -0.2) is 0 Å². The first-order chi connectivity index (χ1) is 9.75. The second-order valence-corrected chi connectivity index (χ2v) is 6.32. The summed E-state index contributed by atoms with van der Waals surface area (Å²) in [6, 6.07) is 7.51. The van der Waals surface area contributed by atoms with Crippen molar-refractivity contribution in [3.8, 4) is 11.5 Å². The number of para-hydroxylation sites is 2. The van der Waals surface area contributed by atoms with Crippen LogP contribution in [0.3, 0.4) is 0 Å². The van der Waals surface area contributed by atoms with Crippen molar-refractivity contribution in [3.63, 3.8) is 0 Å². The van der Waals surface area contributed by atoms with E-state index in [1.54, 1.807) is 0 Å². The normalized spacial score (nSPS) is 25.9. The number of hydrogen-bond acceptors (Lipinski definition) is 4. The largest absolute Gasteiger partial charge is 0.482 e. The first-order valence-corrected chi connectivity index (χ1v) is 8.20. The van der Waals surface area contributed by atoms with E-state index in [4.69, 9.17) is 9.47 Å². The van der Waals surface area contributed by atoms with Crippen LogP contribution in [-0.4, -0.2) is 47.6 Å². The molecule has 1 aromatic carbocycles. The zero-order valence-electron chi connectivity index (χ0n) is 11.6. The van der Waals surface area contributed by atoms with Crippen molar-refractivity contribution in [2.75, 3.05) is 24.6 Å².